The minimum absolute atomic E-state index is 0.102. The molecular weight excluding hydrogens is 226 g/mol. The van der Waals surface area contributed by atoms with Crippen molar-refractivity contribution in [1.29, 1.82) is 0 Å². The Morgan fingerprint density at radius 1 is 1.39 bits per heavy atom. The number of benzene rings is 1. The van der Waals surface area contributed by atoms with Crippen LogP contribution in [0, 0.1) is 0 Å². The molecule has 0 spiro atoms. The fourth-order valence-corrected chi connectivity index (χ4v) is 2.32. The Kier molecular flexibility index (Phi) is 3.39. The van der Waals surface area contributed by atoms with E-state index in [1.54, 1.807) is 13.8 Å². The van der Waals surface area contributed by atoms with E-state index in [-0.39, 0.29) is 5.60 Å². The molecule has 0 fully saturated rings. The third-order valence-electron chi connectivity index (χ3n) is 3.05. The molecule has 100 valence electrons. The van der Waals surface area contributed by atoms with Crippen LogP contribution in [0.5, 0.6) is 5.75 Å². The van der Waals surface area contributed by atoms with Gasteiger partial charge < -0.3 is 15.2 Å². The Morgan fingerprint density at radius 2 is 2.11 bits per heavy atom. The molecule has 1 aromatic carbocycles. The van der Waals surface area contributed by atoms with Crippen LogP contribution in [0.25, 0.3) is 0 Å². The molecule has 0 saturated carbocycles. The summed E-state index contributed by atoms with van der Waals surface area (Å²) in [6.45, 7) is 9.12. The average Bonchev–Trinajstić information content (AvgIpc) is 2.51. The minimum Gasteiger partial charge on any atom is -0.487 e. The van der Waals surface area contributed by atoms with E-state index in [9.17, 15) is 5.11 Å². The van der Waals surface area contributed by atoms with Crippen molar-refractivity contribution in [2.24, 2.45) is 0 Å². The maximum Gasteiger partial charge on any atom is 0.127 e. The molecule has 0 aromatic heterocycles. The van der Waals surface area contributed by atoms with E-state index in [0.29, 0.717) is 6.54 Å². The summed E-state index contributed by atoms with van der Waals surface area (Å²) in [5, 5.41) is 12.9. The van der Waals surface area contributed by atoms with Crippen molar-refractivity contribution < 1.29 is 9.84 Å². The summed E-state index contributed by atoms with van der Waals surface area (Å²) in [5.41, 5.74) is 1.66. The van der Waals surface area contributed by atoms with Crippen LogP contribution in [0.2, 0.25) is 0 Å². The summed E-state index contributed by atoms with van der Waals surface area (Å²) < 4.78 is 6.01. The Morgan fingerprint density at radius 3 is 2.78 bits per heavy atom. The molecule has 3 nitrogen and oxygen atoms in total. The average molecular weight is 249 g/mol. The van der Waals surface area contributed by atoms with E-state index in [2.05, 4.69) is 37.4 Å². The molecule has 18 heavy (non-hydrogen) atoms. The molecular formula is C15H23NO2. The van der Waals surface area contributed by atoms with Gasteiger partial charge in [-0.05, 0) is 33.3 Å². The lowest BCUT2D eigenvalue weighted by molar-refractivity contribution is 0.0792. The summed E-state index contributed by atoms with van der Waals surface area (Å²) in [7, 11) is 0. The fraction of sp³-hybridized carbons (Fsp3) is 0.600. The van der Waals surface area contributed by atoms with E-state index in [0.717, 1.165) is 18.7 Å². The molecule has 0 aliphatic carbocycles. The molecule has 1 heterocycles. The van der Waals surface area contributed by atoms with E-state index in [1.807, 2.05) is 0 Å². The van der Waals surface area contributed by atoms with Crippen LogP contribution in [0.3, 0.4) is 0 Å². The van der Waals surface area contributed by atoms with Gasteiger partial charge in [0.25, 0.3) is 0 Å². The van der Waals surface area contributed by atoms with Gasteiger partial charge in [0.15, 0.2) is 0 Å². The number of hydrogen-bond donors (Lipinski definition) is 2. The second kappa shape index (κ2) is 4.56. The van der Waals surface area contributed by atoms with Crippen molar-refractivity contribution in [3.8, 4) is 5.75 Å². The number of fused-ring (bicyclic) bond motifs is 1. The highest BCUT2D eigenvalue weighted by Gasteiger charge is 2.31. The number of ether oxygens (including phenoxy) is 1. The number of hydrogen-bond acceptors (Lipinski definition) is 3. The zero-order valence-corrected chi connectivity index (χ0v) is 11.7. The topological polar surface area (TPSA) is 41.5 Å². The first-order valence-electron chi connectivity index (χ1n) is 6.50. The molecule has 0 atom stereocenters. The molecule has 0 amide bonds. The van der Waals surface area contributed by atoms with E-state index < -0.39 is 5.60 Å². The largest absolute Gasteiger partial charge is 0.487 e. The van der Waals surface area contributed by atoms with Gasteiger partial charge in [-0.1, -0.05) is 18.2 Å². The minimum atomic E-state index is -0.682. The van der Waals surface area contributed by atoms with Crippen LogP contribution < -0.4 is 10.1 Å². The number of aliphatic hydroxyl groups is 1. The van der Waals surface area contributed by atoms with Gasteiger partial charge in [-0.15, -0.1) is 0 Å². The van der Waals surface area contributed by atoms with Crippen LogP contribution >= 0.6 is 0 Å². The van der Waals surface area contributed by atoms with Crippen LogP contribution in [-0.4, -0.2) is 22.9 Å². The van der Waals surface area contributed by atoms with E-state index in [4.69, 9.17) is 4.74 Å². The van der Waals surface area contributed by atoms with Gasteiger partial charge in [0.2, 0.25) is 0 Å². The van der Waals surface area contributed by atoms with Crippen molar-refractivity contribution in [3.63, 3.8) is 0 Å². The number of nitrogens with one attached hydrogen (secondary N) is 1. The molecule has 1 aromatic rings. The van der Waals surface area contributed by atoms with Crippen molar-refractivity contribution in [1.82, 2.24) is 5.32 Å². The first-order chi connectivity index (χ1) is 8.27. The van der Waals surface area contributed by atoms with Gasteiger partial charge in [-0.25, -0.2) is 0 Å². The lowest BCUT2D eigenvalue weighted by Crippen LogP contribution is -2.34. The fourth-order valence-electron chi connectivity index (χ4n) is 2.32. The van der Waals surface area contributed by atoms with Gasteiger partial charge in [-0.2, -0.15) is 0 Å². The van der Waals surface area contributed by atoms with E-state index in [1.165, 1.54) is 11.1 Å². The quantitative estimate of drug-likeness (QED) is 0.860. The summed E-state index contributed by atoms with van der Waals surface area (Å²) in [5.74, 6) is 1.02. The van der Waals surface area contributed by atoms with Crippen LogP contribution in [0.15, 0.2) is 18.2 Å². The normalized spacial score (nSPS) is 17.4. The number of para-hydroxylation sites is 1. The summed E-state index contributed by atoms with van der Waals surface area (Å²) in [4.78, 5) is 0. The lowest BCUT2D eigenvalue weighted by Gasteiger charge is -2.20. The predicted octanol–water partition coefficient (Wildman–Crippen LogP) is 2.26. The van der Waals surface area contributed by atoms with Crippen LogP contribution in [0.4, 0.5) is 0 Å². The second-order valence-corrected chi connectivity index (χ2v) is 6.36. The third-order valence-corrected chi connectivity index (χ3v) is 3.05. The zero-order chi connectivity index (χ0) is 13.4. The predicted molar refractivity (Wildman–Crippen MR) is 72.9 cm³/mol. The molecule has 0 radical (unpaired) electrons. The standard InChI is InChI=1S/C15H23NO2/c1-14(2,17)10-16-9-12-7-5-6-11-8-15(3,4)18-13(11)12/h5-7,16-17H,8-10H2,1-4H3. The Balaban J connectivity index is 2.06. The van der Waals surface area contributed by atoms with Crippen molar-refractivity contribution >= 4 is 0 Å². The van der Waals surface area contributed by atoms with Gasteiger partial charge in [0.1, 0.15) is 11.4 Å². The first kappa shape index (κ1) is 13.4. The summed E-state index contributed by atoms with van der Waals surface area (Å²) in [6.07, 6.45) is 0.960. The summed E-state index contributed by atoms with van der Waals surface area (Å²) in [6, 6.07) is 6.28. The van der Waals surface area contributed by atoms with Crippen LogP contribution in [-0.2, 0) is 13.0 Å². The molecule has 0 saturated heterocycles. The Hall–Kier alpha value is -1.06. The van der Waals surface area contributed by atoms with Gasteiger partial charge in [0.05, 0.1) is 5.60 Å². The molecule has 1 aliphatic heterocycles. The van der Waals surface area contributed by atoms with Gasteiger partial charge in [0, 0.05) is 25.1 Å². The Labute approximate surface area is 109 Å². The molecule has 0 unspecified atom stereocenters. The molecule has 2 rings (SSSR count). The molecule has 0 bridgehead atoms. The van der Waals surface area contributed by atoms with Gasteiger partial charge >= 0.3 is 0 Å². The Bertz CT molecular complexity index is 433. The lowest BCUT2D eigenvalue weighted by atomic mass is 10.0. The van der Waals surface area contributed by atoms with Crippen molar-refractivity contribution in [3.05, 3.63) is 29.3 Å². The molecule has 2 N–H and O–H groups in total. The van der Waals surface area contributed by atoms with Crippen LogP contribution in [0.1, 0.15) is 38.8 Å². The highest BCUT2D eigenvalue weighted by molar-refractivity contribution is 5.45. The monoisotopic (exact) mass is 249 g/mol. The molecule has 3 heteroatoms. The zero-order valence-electron chi connectivity index (χ0n) is 11.7. The molecule has 1 aliphatic rings. The van der Waals surface area contributed by atoms with Crippen molar-refractivity contribution in [2.75, 3.05) is 6.54 Å². The number of rotatable bonds is 4. The third kappa shape index (κ3) is 3.24. The SMILES string of the molecule is CC(C)(O)CNCc1cccc2c1OC(C)(C)C2. The van der Waals surface area contributed by atoms with E-state index >= 15 is 0 Å². The highest BCUT2D eigenvalue weighted by Crippen LogP contribution is 2.37. The van der Waals surface area contributed by atoms with Crippen molar-refractivity contribution in [2.45, 2.75) is 51.9 Å². The highest BCUT2D eigenvalue weighted by atomic mass is 16.5. The maximum absolute atomic E-state index is 9.68. The summed E-state index contributed by atoms with van der Waals surface area (Å²) >= 11 is 0. The maximum atomic E-state index is 9.68. The first-order valence-corrected chi connectivity index (χ1v) is 6.50. The smallest absolute Gasteiger partial charge is 0.127 e. The van der Waals surface area contributed by atoms with Gasteiger partial charge in [-0.3, -0.25) is 0 Å². The second-order valence-electron chi connectivity index (χ2n) is 6.36.